The van der Waals surface area contributed by atoms with Gasteiger partial charge in [-0.3, -0.25) is 5.43 Å². The summed E-state index contributed by atoms with van der Waals surface area (Å²) in [5, 5.41) is 6.28. The van der Waals surface area contributed by atoms with Crippen LogP contribution in [-0.2, 0) is 0 Å². The van der Waals surface area contributed by atoms with Crippen LogP contribution in [0.25, 0.3) is 11.8 Å². The van der Waals surface area contributed by atoms with Gasteiger partial charge >= 0.3 is 0 Å². The molecule has 0 radical (unpaired) electrons. The SMILES string of the molecule is C1=NC2=NNNC2=c2ccccc2=C1. The van der Waals surface area contributed by atoms with Crippen LogP contribution in [0.3, 0.4) is 0 Å². The summed E-state index contributed by atoms with van der Waals surface area (Å²) >= 11 is 0. The van der Waals surface area contributed by atoms with E-state index in [-0.39, 0.29) is 0 Å². The highest BCUT2D eigenvalue weighted by Crippen LogP contribution is 1.99. The molecular weight excluding hydrogens is 176 g/mol. The van der Waals surface area contributed by atoms with Crippen LogP contribution in [0.5, 0.6) is 0 Å². The van der Waals surface area contributed by atoms with E-state index in [1.807, 2.05) is 24.3 Å². The Morgan fingerprint density at radius 1 is 1.14 bits per heavy atom. The first kappa shape index (κ1) is 7.32. The zero-order valence-electron chi connectivity index (χ0n) is 7.36. The summed E-state index contributed by atoms with van der Waals surface area (Å²) in [6.07, 6.45) is 3.74. The summed E-state index contributed by atoms with van der Waals surface area (Å²) in [6.45, 7) is 0. The van der Waals surface area contributed by atoms with Gasteiger partial charge in [-0.25, -0.2) is 10.5 Å². The number of benzene rings is 1. The van der Waals surface area contributed by atoms with Crippen LogP contribution in [-0.4, -0.2) is 12.1 Å². The van der Waals surface area contributed by atoms with Gasteiger partial charge in [0.1, 0.15) is 5.70 Å². The minimum Gasteiger partial charge on any atom is -0.281 e. The number of rotatable bonds is 0. The fourth-order valence-electron chi connectivity index (χ4n) is 1.59. The summed E-state index contributed by atoms with van der Waals surface area (Å²) in [5.74, 6) is 0.700. The second-order valence-corrected chi connectivity index (χ2v) is 3.08. The predicted octanol–water partition coefficient (Wildman–Crippen LogP) is -0.919. The second-order valence-electron chi connectivity index (χ2n) is 3.08. The quantitative estimate of drug-likeness (QED) is 0.548. The number of hydrogen-bond acceptors (Lipinski definition) is 4. The molecule has 0 aromatic heterocycles. The Balaban J connectivity index is 2.48. The normalized spacial score (nSPS) is 16.9. The lowest BCUT2D eigenvalue weighted by atomic mass is 10.2. The van der Waals surface area contributed by atoms with Crippen molar-refractivity contribution >= 4 is 23.8 Å². The van der Waals surface area contributed by atoms with Crippen molar-refractivity contribution < 1.29 is 0 Å². The maximum atomic E-state index is 4.21. The molecule has 2 N–H and O–H groups in total. The molecular formula is C10H8N4. The number of hydrazone groups is 1. The number of nitrogens with one attached hydrogen (secondary N) is 2. The van der Waals surface area contributed by atoms with E-state index in [0.717, 1.165) is 16.1 Å². The molecule has 0 bridgehead atoms. The van der Waals surface area contributed by atoms with E-state index in [2.05, 4.69) is 27.1 Å². The van der Waals surface area contributed by atoms with E-state index in [9.17, 15) is 0 Å². The Bertz CT molecular complexity index is 554. The monoisotopic (exact) mass is 184 g/mol. The number of hydrazine groups is 1. The first-order chi connectivity index (χ1) is 6.95. The molecule has 0 atom stereocenters. The van der Waals surface area contributed by atoms with Crippen LogP contribution >= 0.6 is 0 Å². The number of fused-ring (bicyclic) bond motifs is 2. The van der Waals surface area contributed by atoms with Crippen molar-refractivity contribution in [3.05, 3.63) is 34.7 Å². The molecule has 2 heterocycles. The second kappa shape index (κ2) is 2.70. The number of hydrogen-bond donors (Lipinski definition) is 2. The van der Waals surface area contributed by atoms with E-state index < -0.39 is 0 Å². The van der Waals surface area contributed by atoms with E-state index >= 15 is 0 Å². The largest absolute Gasteiger partial charge is 0.281 e. The molecule has 0 saturated heterocycles. The molecule has 3 rings (SSSR count). The molecule has 0 spiro atoms. The molecule has 0 amide bonds. The standard InChI is InChI=1S/C10H8N4/c1-2-4-8-7(3-1)5-6-11-10-9(8)12-14-13-10/h1-6,12,14H. The highest BCUT2D eigenvalue weighted by atomic mass is 15.6. The molecule has 2 aliphatic rings. The zero-order chi connectivity index (χ0) is 9.38. The van der Waals surface area contributed by atoms with Crippen LogP contribution in [0.4, 0.5) is 0 Å². The van der Waals surface area contributed by atoms with Gasteiger partial charge in [-0.05, 0) is 11.3 Å². The molecule has 68 valence electrons. The van der Waals surface area contributed by atoms with E-state index in [4.69, 9.17) is 0 Å². The first-order valence-electron chi connectivity index (χ1n) is 4.38. The van der Waals surface area contributed by atoms with Gasteiger partial charge in [0.2, 0.25) is 0 Å². The molecule has 0 fully saturated rings. The summed E-state index contributed by atoms with van der Waals surface area (Å²) in [7, 11) is 0. The van der Waals surface area contributed by atoms with Crippen LogP contribution in [0.15, 0.2) is 34.4 Å². The summed E-state index contributed by atoms with van der Waals surface area (Å²) in [5.41, 5.74) is 6.63. The van der Waals surface area contributed by atoms with E-state index in [1.165, 1.54) is 0 Å². The Morgan fingerprint density at radius 3 is 3.07 bits per heavy atom. The summed E-state index contributed by atoms with van der Waals surface area (Å²) < 4.78 is 0. The third kappa shape index (κ3) is 0.939. The van der Waals surface area contributed by atoms with Gasteiger partial charge < -0.3 is 0 Å². The average molecular weight is 184 g/mol. The fraction of sp³-hybridized carbons (Fsp3) is 0. The molecule has 4 heteroatoms. The highest BCUT2D eigenvalue weighted by Gasteiger charge is 2.13. The predicted molar refractivity (Wildman–Crippen MR) is 55.8 cm³/mol. The van der Waals surface area contributed by atoms with Crippen molar-refractivity contribution in [1.82, 2.24) is 11.0 Å². The summed E-state index contributed by atoms with van der Waals surface area (Å²) in [4.78, 5) is 4.21. The van der Waals surface area contributed by atoms with Crippen molar-refractivity contribution in [1.29, 1.82) is 0 Å². The smallest absolute Gasteiger partial charge is 0.199 e. The van der Waals surface area contributed by atoms with Crippen molar-refractivity contribution in [2.45, 2.75) is 0 Å². The molecule has 1 aromatic carbocycles. The van der Waals surface area contributed by atoms with Crippen LogP contribution in [0, 0.1) is 0 Å². The van der Waals surface area contributed by atoms with Crippen LogP contribution in [0.1, 0.15) is 0 Å². The van der Waals surface area contributed by atoms with Crippen LogP contribution < -0.4 is 21.4 Å². The Kier molecular flexibility index (Phi) is 1.41. The van der Waals surface area contributed by atoms with Gasteiger partial charge in [0.25, 0.3) is 0 Å². The Hall–Kier alpha value is -2.10. The Morgan fingerprint density at radius 2 is 2.07 bits per heavy atom. The van der Waals surface area contributed by atoms with Gasteiger partial charge in [0.05, 0.1) is 0 Å². The molecule has 4 nitrogen and oxygen atoms in total. The fourth-order valence-corrected chi connectivity index (χ4v) is 1.59. The lowest BCUT2D eigenvalue weighted by Crippen LogP contribution is -2.33. The van der Waals surface area contributed by atoms with Crippen molar-refractivity contribution in [3.8, 4) is 0 Å². The van der Waals surface area contributed by atoms with Crippen molar-refractivity contribution in [2.75, 3.05) is 0 Å². The summed E-state index contributed by atoms with van der Waals surface area (Å²) in [6, 6.07) is 8.11. The number of aliphatic imine (C=N–C) groups is 1. The van der Waals surface area contributed by atoms with Crippen molar-refractivity contribution in [2.24, 2.45) is 10.1 Å². The molecule has 0 unspecified atom stereocenters. The minimum absolute atomic E-state index is 0.700. The van der Waals surface area contributed by atoms with E-state index in [1.54, 1.807) is 6.21 Å². The average Bonchev–Trinajstić information content (AvgIpc) is 2.61. The van der Waals surface area contributed by atoms with E-state index in [0.29, 0.717) is 5.84 Å². The third-order valence-corrected chi connectivity index (χ3v) is 2.25. The number of nitrogens with zero attached hydrogens (tertiary/aromatic N) is 2. The lowest BCUT2D eigenvalue weighted by molar-refractivity contribution is 0.716. The van der Waals surface area contributed by atoms with Crippen molar-refractivity contribution in [3.63, 3.8) is 0 Å². The minimum atomic E-state index is 0.700. The van der Waals surface area contributed by atoms with Gasteiger partial charge in [-0.2, -0.15) is 0 Å². The molecule has 0 aliphatic carbocycles. The third-order valence-electron chi connectivity index (χ3n) is 2.25. The number of amidine groups is 1. The topological polar surface area (TPSA) is 48.8 Å². The molecule has 2 aliphatic heterocycles. The maximum absolute atomic E-state index is 4.21. The zero-order valence-corrected chi connectivity index (χ0v) is 7.36. The lowest BCUT2D eigenvalue weighted by Gasteiger charge is -1.97. The first-order valence-corrected chi connectivity index (χ1v) is 4.38. The van der Waals surface area contributed by atoms with Gasteiger partial charge in [0.15, 0.2) is 5.84 Å². The maximum Gasteiger partial charge on any atom is 0.199 e. The Labute approximate surface area is 80.3 Å². The van der Waals surface area contributed by atoms with Crippen LogP contribution in [0.2, 0.25) is 0 Å². The highest BCUT2D eigenvalue weighted by molar-refractivity contribution is 6.22. The molecule has 0 saturated carbocycles. The molecule has 14 heavy (non-hydrogen) atoms. The van der Waals surface area contributed by atoms with Gasteiger partial charge in [-0.1, -0.05) is 24.3 Å². The van der Waals surface area contributed by atoms with Gasteiger partial charge in [0, 0.05) is 11.4 Å². The van der Waals surface area contributed by atoms with Gasteiger partial charge in [-0.15, -0.1) is 5.10 Å². The molecule has 1 aromatic rings.